The van der Waals surface area contributed by atoms with Gasteiger partial charge in [-0.1, -0.05) is 53.7 Å². The first kappa shape index (κ1) is 21.6. The van der Waals surface area contributed by atoms with Crippen LogP contribution in [0.15, 0.2) is 59.1 Å². The lowest BCUT2D eigenvalue weighted by Gasteiger charge is -2.29. The van der Waals surface area contributed by atoms with Crippen LogP contribution in [0.1, 0.15) is 49.2 Å². The third-order valence-electron chi connectivity index (χ3n) is 5.50. The molecule has 3 aromatic rings. The maximum Gasteiger partial charge on any atom is 0.254 e. The second-order valence-electron chi connectivity index (χ2n) is 8.23. The average Bonchev–Trinajstić information content (AvgIpc) is 3.15. The fourth-order valence-corrected chi connectivity index (χ4v) is 3.40. The highest BCUT2D eigenvalue weighted by Gasteiger charge is 2.28. The number of aromatic nitrogens is 1. The zero-order chi connectivity index (χ0) is 21.8. The number of anilines is 1. The van der Waals surface area contributed by atoms with Crippen LogP contribution in [0, 0.1) is 6.92 Å². The molecule has 0 saturated heterocycles. The van der Waals surface area contributed by atoms with Crippen molar-refractivity contribution in [2.24, 2.45) is 0 Å². The van der Waals surface area contributed by atoms with Crippen LogP contribution < -0.4 is 4.90 Å². The molecule has 5 heteroatoms. The molecule has 1 amide bonds. The number of hydrogen-bond donors (Lipinski definition) is 0. The molecule has 1 aromatic heterocycles. The Morgan fingerprint density at radius 1 is 0.967 bits per heavy atom. The number of benzene rings is 2. The smallest absolute Gasteiger partial charge is 0.254 e. The van der Waals surface area contributed by atoms with Gasteiger partial charge in [-0.05, 0) is 46.2 Å². The number of carbonyl (C=O) groups excluding carboxylic acids is 1. The summed E-state index contributed by atoms with van der Waals surface area (Å²) in [5.41, 5.74) is 4.38. The molecule has 5 nitrogen and oxygen atoms in total. The Balaban J connectivity index is 2.06. The first-order valence-corrected chi connectivity index (χ1v) is 10.4. The topological polar surface area (TPSA) is 49.6 Å². The normalized spacial score (nSPS) is 11.2. The lowest BCUT2D eigenvalue weighted by Crippen LogP contribution is -2.37. The van der Waals surface area contributed by atoms with Crippen molar-refractivity contribution in [2.75, 3.05) is 11.9 Å². The van der Waals surface area contributed by atoms with Gasteiger partial charge < -0.3 is 14.3 Å². The second-order valence-corrected chi connectivity index (χ2v) is 8.23. The summed E-state index contributed by atoms with van der Waals surface area (Å²) in [7, 11) is 1.99. The molecule has 158 valence electrons. The molecule has 0 radical (unpaired) electrons. The number of amides is 1. The molecule has 0 unspecified atom stereocenters. The maximum absolute atomic E-state index is 13.5. The summed E-state index contributed by atoms with van der Waals surface area (Å²) in [6, 6.07) is 18.0. The van der Waals surface area contributed by atoms with E-state index in [1.54, 1.807) is 0 Å². The summed E-state index contributed by atoms with van der Waals surface area (Å²) in [4.78, 5) is 17.4. The van der Waals surface area contributed by atoms with Crippen LogP contribution in [0.3, 0.4) is 0 Å². The van der Waals surface area contributed by atoms with Crippen LogP contribution in [0.5, 0.6) is 0 Å². The van der Waals surface area contributed by atoms with Crippen LogP contribution in [0.4, 0.5) is 5.88 Å². The van der Waals surface area contributed by atoms with Gasteiger partial charge in [0.2, 0.25) is 5.88 Å². The summed E-state index contributed by atoms with van der Waals surface area (Å²) in [6.07, 6.45) is 0. The molecular formula is C25H31N3O2. The summed E-state index contributed by atoms with van der Waals surface area (Å²) in [5.74, 6) is 0.716. The van der Waals surface area contributed by atoms with Crippen molar-refractivity contribution in [1.82, 2.24) is 10.1 Å². The Labute approximate surface area is 179 Å². The van der Waals surface area contributed by atoms with E-state index in [1.807, 2.05) is 87.3 Å². The van der Waals surface area contributed by atoms with Gasteiger partial charge in [0, 0.05) is 30.3 Å². The number of carbonyl (C=O) groups is 1. The van der Waals surface area contributed by atoms with E-state index in [9.17, 15) is 4.79 Å². The van der Waals surface area contributed by atoms with Crippen molar-refractivity contribution in [1.29, 1.82) is 0 Å². The van der Waals surface area contributed by atoms with E-state index in [-0.39, 0.29) is 18.0 Å². The van der Waals surface area contributed by atoms with E-state index in [4.69, 9.17) is 4.52 Å². The van der Waals surface area contributed by atoms with E-state index in [2.05, 4.69) is 23.9 Å². The summed E-state index contributed by atoms with van der Waals surface area (Å²) < 4.78 is 5.80. The van der Waals surface area contributed by atoms with Crippen LogP contribution in [0.25, 0.3) is 11.3 Å². The molecule has 2 aromatic carbocycles. The Morgan fingerprint density at radius 3 is 2.20 bits per heavy atom. The number of aryl methyl sites for hydroxylation is 1. The van der Waals surface area contributed by atoms with Gasteiger partial charge in [-0.3, -0.25) is 4.79 Å². The molecule has 0 N–H and O–H groups in total. The lowest BCUT2D eigenvalue weighted by atomic mass is 10.0. The van der Waals surface area contributed by atoms with Crippen molar-refractivity contribution in [3.8, 4) is 11.3 Å². The van der Waals surface area contributed by atoms with Crippen LogP contribution in [-0.2, 0) is 6.54 Å². The molecule has 0 aliphatic rings. The zero-order valence-electron chi connectivity index (χ0n) is 18.7. The third-order valence-corrected chi connectivity index (χ3v) is 5.50. The summed E-state index contributed by atoms with van der Waals surface area (Å²) in [5, 5.41) is 4.40. The Kier molecular flexibility index (Phi) is 6.60. The highest BCUT2D eigenvalue weighted by molar-refractivity contribution is 5.96. The molecule has 0 aliphatic carbocycles. The van der Waals surface area contributed by atoms with Crippen LogP contribution in [0.2, 0.25) is 0 Å². The zero-order valence-corrected chi connectivity index (χ0v) is 18.7. The second kappa shape index (κ2) is 9.16. The molecule has 0 bridgehead atoms. The molecule has 30 heavy (non-hydrogen) atoms. The number of nitrogens with zero attached hydrogens (tertiary/aromatic N) is 3. The molecule has 3 rings (SSSR count). The van der Waals surface area contributed by atoms with Gasteiger partial charge in [0.15, 0.2) is 0 Å². The van der Waals surface area contributed by atoms with E-state index < -0.39 is 0 Å². The van der Waals surface area contributed by atoms with Crippen LogP contribution in [-0.4, -0.2) is 35.1 Å². The third kappa shape index (κ3) is 4.40. The predicted molar refractivity (Wildman–Crippen MR) is 122 cm³/mol. The fraction of sp³-hybridized carbons (Fsp3) is 0.360. The molecule has 0 spiro atoms. The van der Waals surface area contributed by atoms with E-state index in [0.717, 1.165) is 27.9 Å². The van der Waals surface area contributed by atoms with E-state index in [1.165, 1.54) is 0 Å². The minimum atomic E-state index is 0.0152. The van der Waals surface area contributed by atoms with Gasteiger partial charge in [-0.2, -0.15) is 0 Å². The highest BCUT2D eigenvalue weighted by atomic mass is 16.5. The van der Waals surface area contributed by atoms with E-state index >= 15 is 0 Å². The lowest BCUT2D eigenvalue weighted by molar-refractivity contribution is 0.0690. The van der Waals surface area contributed by atoms with Crippen molar-refractivity contribution in [3.63, 3.8) is 0 Å². The molecule has 0 atom stereocenters. The van der Waals surface area contributed by atoms with Gasteiger partial charge >= 0.3 is 0 Å². The molecule has 0 fully saturated rings. The Morgan fingerprint density at radius 2 is 1.60 bits per heavy atom. The Hall–Kier alpha value is -3.08. The maximum atomic E-state index is 13.5. The van der Waals surface area contributed by atoms with Gasteiger partial charge in [-0.25, -0.2) is 0 Å². The van der Waals surface area contributed by atoms with Gasteiger partial charge in [0.1, 0.15) is 5.69 Å². The SMILES string of the molecule is Cc1ccccc1C(=O)N(Cc1c(-c2ccccc2)noc1N(C)C(C)C)C(C)C. The number of hydrogen-bond acceptors (Lipinski definition) is 4. The number of rotatable bonds is 7. The van der Waals surface area contributed by atoms with Gasteiger partial charge in [0.05, 0.1) is 12.1 Å². The minimum Gasteiger partial charge on any atom is -0.341 e. The first-order valence-electron chi connectivity index (χ1n) is 10.4. The minimum absolute atomic E-state index is 0.0152. The molecule has 1 heterocycles. The monoisotopic (exact) mass is 405 g/mol. The predicted octanol–water partition coefficient (Wildman–Crippen LogP) is 5.55. The fourth-order valence-electron chi connectivity index (χ4n) is 3.40. The standard InChI is InChI=1S/C25H31N3O2/c1-17(2)27(6)25-22(23(26-30-25)20-13-8-7-9-14-20)16-28(18(3)4)24(29)21-15-11-10-12-19(21)5/h7-15,17-18H,16H2,1-6H3. The van der Waals surface area contributed by atoms with Crippen molar-refractivity contribution >= 4 is 11.8 Å². The van der Waals surface area contributed by atoms with Crippen molar-refractivity contribution < 1.29 is 9.32 Å². The summed E-state index contributed by atoms with van der Waals surface area (Å²) >= 11 is 0. The quantitative estimate of drug-likeness (QED) is 0.517. The average molecular weight is 406 g/mol. The first-order chi connectivity index (χ1) is 14.3. The van der Waals surface area contributed by atoms with E-state index in [0.29, 0.717) is 12.4 Å². The van der Waals surface area contributed by atoms with Crippen molar-refractivity contribution in [3.05, 3.63) is 71.3 Å². The molecule has 0 aliphatic heterocycles. The highest BCUT2D eigenvalue weighted by Crippen LogP contribution is 2.33. The molecule has 0 saturated carbocycles. The van der Waals surface area contributed by atoms with Gasteiger partial charge in [0.25, 0.3) is 5.91 Å². The van der Waals surface area contributed by atoms with Gasteiger partial charge in [-0.15, -0.1) is 0 Å². The largest absolute Gasteiger partial charge is 0.341 e. The summed E-state index contributed by atoms with van der Waals surface area (Å²) in [6.45, 7) is 10.7. The van der Waals surface area contributed by atoms with Crippen molar-refractivity contribution in [2.45, 2.75) is 53.2 Å². The molecular weight excluding hydrogens is 374 g/mol. The van der Waals surface area contributed by atoms with Crippen LogP contribution >= 0.6 is 0 Å². The Bertz CT molecular complexity index is 993.